The first-order valence-electron chi connectivity index (χ1n) is 11.0. The van der Waals surface area contributed by atoms with Crippen LogP contribution in [0, 0.1) is 11.8 Å². The van der Waals surface area contributed by atoms with E-state index in [0.29, 0.717) is 47.5 Å². The van der Waals surface area contributed by atoms with Crippen LogP contribution in [0.25, 0.3) is 0 Å². The lowest BCUT2D eigenvalue weighted by Gasteiger charge is -2.34. The van der Waals surface area contributed by atoms with Crippen LogP contribution >= 0.6 is 0 Å². The maximum Gasteiger partial charge on any atom is 0.266 e. The number of benzene rings is 1. The summed E-state index contributed by atoms with van der Waals surface area (Å²) in [6.45, 7) is 6.21. The number of hydrogen-bond donors (Lipinski definition) is 0. The Morgan fingerprint density at radius 2 is 1.94 bits per heavy atom. The number of ether oxygens (including phenoxy) is 2. The zero-order valence-corrected chi connectivity index (χ0v) is 19.0. The van der Waals surface area contributed by atoms with Crippen LogP contribution in [0.1, 0.15) is 44.4 Å². The van der Waals surface area contributed by atoms with Crippen LogP contribution in [0.15, 0.2) is 33.7 Å². The first-order valence-corrected chi connectivity index (χ1v) is 12.9. The fourth-order valence-electron chi connectivity index (χ4n) is 4.30. The maximum atomic E-state index is 11.5. The third kappa shape index (κ3) is 5.57. The van der Waals surface area contributed by atoms with E-state index in [9.17, 15) is 8.42 Å². The van der Waals surface area contributed by atoms with Gasteiger partial charge in [-0.15, -0.1) is 0 Å². The van der Waals surface area contributed by atoms with Gasteiger partial charge in [0, 0.05) is 26.0 Å². The summed E-state index contributed by atoms with van der Waals surface area (Å²) < 4.78 is 39.8. The number of nitrogens with zero attached hydrogens (tertiary/aromatic N) is 3. The molecule has 2 aromatic rings. The first kappa shape index (κ1) is 22.1. The maximum absolute atomic E-state index is 11.5. The Labute approximate surface area is 183 Å². The molecule has 0 radical (unpaired) electrons. The number of anilines is 1. The smallest absolute Gasteiger partial charge is 0.266 e. The molecule has 0 N–H and O–H groups in total. The summed E-state index contributed by atoms with van der Waals surface area (Å²) in [6.07, 6.45) is 5.32. The summed E-state index contributed by atoms with van der Waals surface area (Å²) in [5.74, 6) is 3.53. The molecule has 1 unspecified atom stereocenters. The third-order valence-corrected chi connectivity index (χ3v) is 7.56. The van der Waals surface area contributed by atoms with Crippen molar-refractivity contribution in [2.24, 2.45) is 11.8 Å². The first-order chi connectivity index (χ1) is 14.9. The van der Waals surface area contributed by atoms with E-state index in [4.69, 9.17) is 14.0 Å². The molecule has 2 fully saturated rings. The van der Waals surface area contributed by atoms with Crippen molar-refractivity contribution in [3.8, 4) is 5.75 Å². The van der Waals surface area contributed by atoms with Gasteiger partial charge >= 0.3 is 0 Å². The van der Waals surface area contributed by atoms with E-state index in [2.05, 4.69) is 22.0 Å². The molecule has 0 amide bonds. The van der Waals surface area contributed by atoms with Crippen molar-refractivity contribution in [2.75, 3.05) is 44.1 Å². The Balaban J connectivity index is 1.20. The minimum Gasteiger partial charge on any atom is -0.494 e. The van der Waals surface area contributed by atoms with Crippen molar-refractivity contribution in [3.05, 3.63) is 30.2 Å². The second-order valence-corrected chi connectivity index (χ2v) is 10.7. The molecule has 4 rings (SSSR count). The van der Waals surface area contributed by atoms with Gasteiger partial charge in [0.25, 0.3) is 5.95 Å². The molecule has 2 aliphatic rings. The number of rotatable bonds is 8. The molecule has 2 saturated heterocycles. The second-order valence-electron chi connectivity index (χ2n) is 8.68. The average Bonchev–Trinajstić information content (AvgIpc) is 3.45. The zero-order chi connectivity index (χ0) is 21.8. The fraction of sp³-hybridized carbons (Fsp3) is 0.636. The van der Waals surface area contributed by atoms with Crippen LogP contribution in [-0.2, 0) is 14.6 Å². The van der Waals surface area contributed by atoms with Gasteiger partial charge in [-0.05, 0) is 66.9 Å². The van der Waals surface area contributed by atoms with Gasteiger partial charge in [0.15, 0.2) is 9.84 Å². The van der Waals surface area contributed by atoms with Gasteiger partial charge in [0.1, 0.15) is 5.75 Å². The van der Waals surface area contributed by atoms with E-state index in [1.807, 2.05) is 0 Å². The van der Waals surface area contributed by atoms with E-state index in [-0.39, 0.29) is 5.92 Å². The molecular weight excluding hydrogens is 418 g/mol. The van der Waals surface area contributed by atoms with Crippen molar-refractivity contribution in [3.63, 3.8) is 0 Å². The van der Waals surface area contributed by atoms with Crippen molar-refractivity contribution in [1.29, 1.82) is 0 Å². The van der Waals surface area contributed by atoms with Crippen molar-refractivity contribution in [1.82, 2.24) is 10.1 Å². The van der Waals surface area contributed by atoms with Crippen LogP contribution in [0.4, 0.5) is 5.95 Å². The molecule has 31 heavy (non-hydrogen) atoms. The van der Waals surface area contributed by atoms with Crippen molar-refractivity contribution >= 4 is 15.8 Å². The summed E-state index contributed by atoms with van der Waals surface area (Å²) in [6, 6.07) is 6.62. The number of sulfone groups is 1. The third-order valence-electron chi connectivity index (χ3n) is 6.43. The number of piperidine rings is 1. The van der Waals surface area contributed by atoms with E-state index in [1.165, 1.54) is 6.26 Å². The SMILES string of the molecule is C[C@H](CCOc1ccc(S(C)(=O)=O)cc1)C1CCN(c2noc(C3CCOC3)n2)CC1. The molecule has 0 aliphatic carbocycles. The summed E-state index contributed by atoms with van der Waals surface area (Å²) in [4.78, 5) is 7.13. The van der Waals surface area contributed by atoms with Gasteiger partial charge in [-0.25, -0.2) is 8.42 Å². The van der Waals surface area contributed by atoms with Gasteiger partial charge in [0.2, 0.25) is 5.89 Å². The summed E-state index contributed by atoms with van der Waals surface area (Å²) in [5, 5.41) is 4.19. The summed E-state index contributed by atoms with van der Waals surface area (Å²) >= 11 is 0. The Bertz CT molecular complexity index is 946. The monoisotopic (exact) mass is 449 g/mol. The van der Waals surface area contributed by atoms with E-state index >= 15 is 0 Å². The topological polar surface area (TPSA) is 94.8 Å². The molecule has 0 bridgehead atoms. The molecule has 1 aromatic carbocycles. The van der Waals surface area contributed by atoms with Gasteiger partial charge in [-0.2, -0.15) is 4.98 Å². The number of hydrogen-bond acceptors (Lipinski definition) is 8. The van der Waals surface area contributed by atoms with Gasteiger partial charge in [-0.1, -0.05) is 6.92 Å². The minimum atomic E-state index is -3.18. The van der Waals surface area contributed by atoms with E-state index in [1.54, 1.807) is 24.3 Å². The minimum absolute atomic E-state index is 0.237. The van der Waals surface area contributed by atoms with Crippen LogP contribution < -0.4 is 9.64 Å². The summed E-state index contributed by atoms with van der Waals surface area (Å²) in [5.41, 5.74) is 0. The average molecular weight is 450 g/mol. The molecule has 0 saturated carbocycles. The van der Waals surface area contributed by atoms with E-state index in [0.717, 1.165) is 45.4 Å². The number of aromatic nitrogens is 2. The van der Waals surface area contributed by atoms with E-state index < -0.39 is 9.84 Å². The predicted molar refractivity (Wildman–Crippen MR) is 116 cm³/mol. The van der Waals surface area contributed by atoms with Crippen LogP contribution in [0.5, 0.6) is 5.75 Å². The molecule has 1 aromatic heterocycles. The van der Waals surface area contributed by atoms with Gasteiger partial charge in [0.05, 0.1) is 24.0 Å². The highest BCUT2D eigenvalue weighted by molar-refractivity contribution is 7.90. The standard InChI is InChI=1S/C22H31N3O5S/c1-16(9-14-29-19-3-5-20(6-4-19)31(2,26)27)17-7-11-25(12-8-17)22-23-21(30-24-22)18-10-13-28-15-18/h3-6,16-18H,7-15H2,1-2H3/t16-,18?/m1/s1. The Hall–Kier alpha value is -2.13. The highest BCUT2D eigenvalue weighted by Crippen LogP contribution is 2.30. The van der Waals surface area contributed by atoms with Crippen LogP contribution in [0.2, 0.25) is 0 Å². The molecule has 0 spiro atoms. The fourth-order valence-corrected chi connectivity index (χ4v) is 4.93. The largest absolute Gasteiger partial charge is 0.494 e. The van der Waals surface area contributed by atoms with Crippen LogP contribution in [-0.4, -0.2) is 57.7 Å². The lowest BCUT2D eigenvalue weighted by molar-refractivity contribution is 0.189. The normalized spacial score (nSPS) is 21.4. The molecule has 170 valence electrons. The molecule has 2 aliphatic heterocycles. The van der Waals surface area contributed by atoms with Gasteiger partial charge in [-0.3, -0.25) is 0 Å². The van der Waals surface area contributed by atoms with Crippen molar-refractivity contribution < 1.29 is 22.4 Å². The predicted octanol–water partition coefficient (Wildman–Crippen LogP) is 3.30. The quantitative estimate of drug-likeness (QED) is 0.606. The Morgan fingerprint density at radius 1 is 1.19 bits per heavy atom. The summed E-state index contributed by atoms with van der Waals surface area (Å²) in [7, 11) is -3.18. The second kappa shape index (κ2) is 9.56. The lowest BCUT2D eigenvalue weighted by atomic mass is 9.84. The van der Waals surface area contributed by atoms with Crippen LogP contribution in [0.3, 0.4) is 0 Å². The Morgan fingerprint density at radius 3 is 2.58 bits per heavy atom. The van der Waals surface area contributed by atoms with Crippen molar-refractivity contribution in [2.45, 2.75) is 43.4 Å². The molecular formula is C22H31N3O5S. The zero-order valence-electron chi connectivity index (χ0n) is 18.2. The molecule has 9 heteroatoms. The molecule has 3 heterocycles. The highest BCUT2D eigenvalue weighted by atomic mass is 32.2. The molecule has 8 nitrogen and oxygen atoms in total. The molecule has 2 atom stereocenters. The Kier molecular flexibility index (Phi) is 6.81. The highest BCUT2D eigenvalue weighted by Gasteiger charge is 2.28. The van der Waals surface area contributed by atoms with Gasteiger partial charge < -0.3 is 18.9 Å². The lowest BCUT2D eigenvalue weighted by Crippen LogP contribution is -2.36.